The van der Waals surface area contributed by atoms with Crippen LogP contribution in [0.4, 0.5) is 5.69 Å². The highest BCUT2D eigenvalue weighted by atomic mass is 32.1. The zero-order valence-corrected chi connectivity index (χ0v) is 16.6. The summed E-state index contributed by atoms with van der Waals surface area (Å²) in [6, 6.07) is 24.2. The van der Waals surface area contributed by atoms with E-state index in [9.17, 15) is 9.59 Å². The van der Waals surface area contributed by atoms with E-state index in [0.29, 0.717) is 16.9 Å². The second kappa shape index (κ2) is 8.24. The molecule has 0 unspecified atom stereocenters. The number of amides is 2. The van der Waals surface area contributed by atoms with E-state index < -0.39 is 0 Å². The summed E-state index contributed by atoms with van der Waals surface area (Å²) in [4.78, 5) is 25.1. The van der Waals surface area contributed by atoms with Gasteiger partial charge in [0.25, 0.3) is 11.8 Å². The fraction of sp³-hybridized carbons (Fsp3) is 0.0870. The Morgan fingerprint density at radius 1 is 0.862 bits per heavy atom. The first-order valence-corrected chi connectivity index (χ1v) is 10.0. The topological polar surface area (TPSA) is 71.1 Å². The van der Waals surface area contributed by atoms with Gasteiger partial charge in [0, 0.05) is 16.6 Å². The number of aromatic nitrogens is 1. The van der Waals surface area contributed by atoms with Crippen molar-refractivity contribution >= 4 is 39.1 Å². The first-order chi connectivity index (χ1) is 14.1. The molecular weight excluding hydrogens is 382 g/mol. The minimum absolute atomic E-state index is 0.0963. The highest BCUT2D eigenvalue weighted by Crippen LogP contribution is 2.23. The van der Waals surface area contributed by atoms with Crippen molar-refractivity contribution in [3.05, 3.63) is 95.7 Å². The highest BCUT2D eigenvalue weighted by Gasteiger charge is 2.15. The van der Waals surface area contributed by atoms with Crippen LogP contribution in [0.1, 0.15) is 39.4 Å². The van der Waals surface area contributed by atoms with Crippen LogP contribution in [0.3, 0.4) is 0 Å². The average molecular weight is 401 g/mol. The first kappa shape index (κ1) is 18.8. The van der Waals surface area contributed by atoms with Crippen LogP contribution in [-0.2, 0) is 0 Å². The molecular formula is C23H19N3O2S. The molecule has 0 fully saturated rings. The fourth-order valence-corrected chi connectivity index (χ4v) is 3.82. The lowest BCUT2D eigenvalue weighted by atomic mass is 10.1. The third-order valence-corrected chi connectivity index (χ3v) is 5.47. The summed E-state index contributed by atoms with van der Waals surface area (Å²) < 4.78 is 5.23. The molecule has 0 spiro atoms. The molecule has 0 bridgehead atoms. The standard InChI is InChI=1S/C23H19N3O2S/c1-15(16-7-3-2-4-8-16)24-22(27)17-11-13-18(14-12-17)25-23(28)21-19-9-5-6-10-20(19)29-26-21/h2-15H,1H3,(H,24,27)(H,25,28)/t15-/m0/s1. The van der Waals surface area contributed by atoms with E-state index in [4.69, 9.17) is 0 Å². The van der Waals surface area contributed by atoms with Gasteiger partial charge in [-0.3, -0.25) is 9.59 Å². The van der Waals surface area contributed by atoms with Gasteiger partial charge in [-0.05, 0) is 54.4 Å². The molecule has 2 amide bonds. The lowest BCUT2D eigenvalue weighted by Gasteiger charge is -2.14. The predicted molar refractivity (Wildman–Crippen MR) is 116 cm³/mol. The normalized spacial score (nSPS) is 11.8. The van der Waals surface area contributed by atoms with Gasteiger partial charge in [-0.2, -0.15) is 4.37 Å². The van der Waals surface area contributed by atoms with Gasteiger partial charge in [-0.15, -0.1) is 0 Å². The van der Waals surface area contributed by atoms with Crippen molar-refractivity contribution in [1.82, 2.24) is 9.69 Å². The van der Waals surface area contributed by atoms with Crippen molar-refractivity contribution in [2.75, 3.05) is 5.32 Å². The molecule has 0 aliphatic carbocycles. The summed E-state index contributed by atoms with van der Waals surface area (Å²) in [5.74, 6) is -0.429. The molecule has 0 aliphatic heterocycles. The number of benzene rings is 3. The SMILES string of the molecule is C[C@H](NC(=O)c1ccc(NC(=O)c2nsc3ccccc23)cc1)c1ccccc1. The summed E-state index contributed by atoms with van der Waals surface area (Å²) in [7, 11) is 0. The Balaban J connectivity index is 1.42. The van der Waals surface area contributed by atoms with Crippen LogP contribution in [0, 0.1) is 0 Å². The zero-order chi connectivity index (χ0) is 20.2. The van der Waals surface area contributed by atoms with Crippen LogP contribution in [0.5, 0.6) is 0 Å². The van der Waals surface area contributed by atoms with E-state index in [1.54, 1.807) is 24.3 Å². The Morgan fingerprint density at radius 3 is 2.31 bits per heavy atom. The minimum atomic E-state index is -0.266. The molecule has 6 heteroatoms. The van der Waals surface area contributed by atoms with E-state index in [1.165, 1.54) is 11.5 Å². The van der Waals surface area contributed by atoms with Crippen LogP contribution in [0.25, 0.3) is 10.1 Å². The summed E-state index contributed by atoms with van der Waals surface area (Å²) in [5, 5.41) is 6.66. The molecule has 4 aromatic rings. The van der Waals surface area contributed by atoms with Crippen molar-refractivity contribution < 1.29 is 9.59 Å². The molecule has 2 N–H and O–H groups in total. The molecule has 5 nitrogen and oxygen atoms in total. The maximum atomic E-state index is 12.6. The van der Waals surface area contributed by atoms with Crippen LogP contribution < -0.4 is 10.6 Å². The van der Waals surface area contributed by atoms with Crippen molar-refractivity contribution in [2.45, 2.75) is 13.0 Å². The number of hydrogen-bond donors (Lipinski definition) is 2. The molecule has 0 aliphatic rings. The van der Waals surface area contributed by atoms with Gasteiger partial charge < -0.3 is 10.6 Å². The number of nitrogens with one attached hydrogen (secondary N) is 2. The number of fused-ring (bicyclic) bond motifs is 1. The third kappa shape index (κ3) is 4.17. The number of carbonyl (C=O) groups is 2. The molecule has 29 heavy (non-hydrogen) atoms. The van der Waals surface area contributed by atoms with E-state index in [0.717, 1.165) is 15.6 Å². The van der Waals surface area contributed by atoms with Crippen molar-refractivity contribution in [2.24, 2.45) is 0 Å². The van der Waals surface area contributed by atoms with Crippen LogP contribution in [0.15, 0.2) is 78.9 Å². The maximum Gasteiger partial charge on any atom is 0.276 e. The highest BCUT2D eigenvalue weighted by molar-refractivity contribution is 7.13. The smallest absolute Gasteiger partial charge is 0.276 e. The summed E-state index contributed by atoms with van der Waals surface area (Å²) in [6.07, 6.45) is 0. The predicted octanol–water partition coefficient (Wildman–Crippen LogP) is 5.04. The number of rotatable bonds is 5. The zero-order valence-electron chi connectivity index (χ0n) is 15.8. The number of anilines is 1. The van der Waals surface area contributed by atoms with E-state index in [2.05, 4.69) is 15.0 Å². The largest absolute Gasteiger partial charge is 0.346 e. The first-order valence-electron chi connectivity index (χ1n) is 9.23. The van der Waals surface area contributed by atoms with Crippen LogP contribution >= 0.6 is 11.5 Å². The van der Waals surface area contributed by atoms with Crippen LogP contribution in [-0.4, -0.2) is 16.2 Å². The van der Waals surface area contributed by atoms with Crippen molar-refractivity contribution in [3.63, 3.8) is 0 Å². The maximum absolute atomic E-state index is 12.6. The Labute approximate surface area is 172 Å². The molecule has 0 radical (unpaired) electrons. The second-order valence-corrected chi connectivity index (χ2v) is 7.47. The molecule has 1 heterocycles. The van der Waals surface area contributed by atoms with Crippen molar-refractivity contribution in [3.8, 4) is 0 Å². The Hall–Kier alpha value is -3.51. The summed E-state index contributed by atoms with van der Waals surface area (Å²) in [6.45, 7) is 1.94. The Kier molecular flexibility index (Phi) is 5.35. The summed E-state index contributed by atoms with van der Waals surface area (Å²) >= 11 is 1.30. The van der Waals surface area contributed by atoms with Gasteiger partial charge in [-0.25, -0.2) is 0 Å². The Bertz CT molecular complexity index is 1150. The average Bonchev–Trinajstić information content (AvgIpc) is 3.19. The third-order valence-electron chi connectivity index (χ3n) is 4.64. The molecule has 0 saturated carbocycles. The summed E-state index contributed by atoms with van der Waals surface area (Å²) in [5.41, 5.74) is 2.59. The molecule has 1 atom stereocenters. The number of hydrogen-bond acceptors (Lipinski definition) is 4. The molecule has 144 valence electrons. The minimum Gasteiger partial charge on any atom is -0.346 e. The second-order valence-electron chi connectivity index (χ2n) is 6.66. The quantitative estimate of drug-likeness (QED) is 0.492. The van der Waals surface area contributed by atoms with Gasteiger partial charge in [0.15, 0.2) is 0 Å². The molecule has 3 aromatic carbocycles. The lowest BCUT2D eigenvalue weighted by molar-refractivity contribution is 0.0939. The molecule has 4 rings (SSSR count). The van der Waals surface area contributed by atoms with Crippen molar-refractivity contribution in [1.29, 1.82) is 0 Å². The van der Waals surface area contributed by atoms with E-state index >= 15 is 0 Å². The Morgan fingerprint density at radius 2 is 1.55 bits per heavy atom. The van der Waals surface area contributed by atoms with Gasteiger partial charge in [-0.1, -0.05) is 48.5 Å². The van der Waals surface area contributed by atoms with Gasteiger partial charge >= 0.3 is 0 Å². The lowest BCUT2D eigenvalue weighted by Crippen LogP contribution is -2.26. The molecule has 0 saturated heterocycles. The van der Waals surface area contributed by atoms with Gasteiger partial charge in [0.2, 0.25) is 0 Å². The van der Waals surface area contributed by atoms with E-state index in [1.807, 2.05) is 61.5 Å². The fourth-order valence-electron chi connectivity index (χ4n) is 3.05. The number of nitrogens with zero attached hydrogens (tertiary/aromatic N) is 1. The monoisotopic (exact) mass is 401 g/mol. The molecule has 1 aromatic heterocycles. The van der Waals surface area contributed by atoms with E-state index in [-0.39, 0.29) is 17.9 Å². The van der Waals surface area contributed by atoms with Gasteiger partial charge in [0.05, 0.1) is 10.7 Å². The van der Waals surface area contributed by atoms with Crippen LogP contribution in [0.2, 0.25) is 0 Å². The van der Waals surface area contributed by atoms with Gasteiger partial charge in [0.1, 0.15) is 5.69 Å². The number of carbonyl (C=O) groups excluding carboxylic acids is 2.